The number of carbonyl (C=O) groups is 1. The molecule has 0 aliphatic rings. The van der Waals surface area contributed by atoms with Crippen LogP contribution in [0.3, 0.4) is 0 Å². The Hall–Kier alpha value is -2.63. The number of amides is 1. The molecule has 2 aromatic carbocycles. The summed E-state index contributed by atoms with van der Waals surface area (Å²) in [4.78, 5) is 16.6. The number of nitrogens with one attached hydrogen (secondary N) is 1. The van der Waals surface area contributed by atoms with Crippen LogP contribution in [0.15, 0.2) is 60.8 Å². The molecule has 0 unspecified atom stereocenters. The number of anilines is 1. The van der Waals surface area contributed by atoms with Crippen LogP contribution in [0, 0.1) is 5.82 Å². The highest BCUT2D eigenvalue weighted by atomic mass is 35.5. The maximum Gasteiger partial charge on any atom is 0.261 e. The Bertz CT molecular complexity index is 934. The minimum absolute atomic E-state index is 0.0839. The number of aromatic nitrogens is 1. The van der Waals surface area contributed by atoms with Gasteiger partial charge in [0.25, 0.3) is 5.91 Å². The van der Waals surface area contributed by atoms with Gasteiger partial charge in [-0.25, -0.2) is 9.37 Å². The zero-order chi connectivity index (χ0) is 17.8. The first-order valence-electron chi connectivity index (χ1n) is 7.18. The van der Waals surface area contributed by atoms with Gasteiger partial charge in [-0.3, -0.25) is 4.79 Å². The molecule has 25 heavy (non-hydrogen) atoms. The van der Waals surface area contributed by atoms with Gasteiger partial charge in [-0.1, -0.05) is 29.3 Å². The van der Waals surface area contributed by atoms with Gasteiger partial charge in [0.1, 0.15) is 17.1 Å². The minimum Gasteiger partial charge on any atom is -0.438 e. The van der Waals surface area contributed by atoms with E-state index in [2.05, 4.69) is 10.3 Å². The maximum atomic E-state index is 13.2. The van der Waals surface area contributed by atoms with E-state index in [1.54, 1.807) is 36.4 Å². The second kappa shape index (κ2) is 7.51. The first-order chi connectivity index (χ1) is 12.0. The lowest BCUT2D eigenvalue weighted by atomic mass is 10.2. The highest BCUT2D eigenvalue weighted by molar-refractivity contribution is 6.31. The molecule has 4 nitrogen and oxygen atoms in total. The molecule has 1 aromatic heterocycles. The maximum absolute atomic E-state index is 13.2. The smallest absolute Gasteiger partial charge is 0.261 e. The van der Waals surface area contributed by atoms with Crippen molar-refractivity contribution in [3.63, 3.8) is 0 Å². The van der Waals surface area contributed by atoms with Gasteiger partial charge in [-0.05, 0) is 48.5 Å². The number of hydrogen-bond donors (Lipinski definition) is 1. The Balaban J connectivity index is 1.84. The van der Waals surface area contributed by atoms with E-state index in [1.165, 1.54) is 24.4 Å². The lowest BCUT2D eigenvalue weighted by Gasteiger charge is -2.11. The van der Waals surface area contributed by atoms with Gasteiger partial charge in [0.2, 0.25) is 5.88 Å². The number of benzene rings is 2. The highest BCUT2D eigenvalue weighted by Gasteiger charge is 2.15. The molecule has 7 heteroatoms. The van der Waals surface area contributed by atoms with E-state index in [9.17, 15) is 9.18 Å². The van der Waals surface area contributed by atoms with Gasteiger partial charge in [0, 0.05) is 16.9 Å². The van der Waals surface area contributed by atoms with Crippen molar-refractivity contribution in [3.8, 4) is 11.6 Å². The highest BCUT2D eigenvalue weighted by Crippen LogP contribution is 2.26. The summed E-state index contributed by atoms with van der Waals surface area (Å²) in [5.74, 6) is -0.459. The summed E-state index contributed by atoms with van der Waals surface area (Å²) in [6, 6.07) is 13.8. The Morgan fingerprint density at radius 1 is 1.08 bits per heavy atom. The van der Waals surface area contributed by atoms with Gasteiger partial charge in [0.15, 0.2) is 0 Å². The summed E-state index contributed by atoms with van der Waals surface area (Å²) < 4.78 is 18.9. The molecule has 3 rings (SSSR count). The summed E-state index contributed by atoms with van der Waals surface area (Å²) in [7, 11) is 0. The van der Waals surface area contributed by atoms with Crippen molar-refractivity contribution in [1.29, 1.82) is 0 Å². The third-order valence-electron chi connectivity index (χ3n) is 3.20. The summed E-state index contributed by atoms with van der Waals surface area (Å²) >= 11 is 11.6. The fourth-order valence-electron chi connectivity index (χ4n) is 2.06. The monoisotopic (exact) mass is 376 g/mol. The van der Waals surface area contributed by atoms with Crippen LogP contribution >= 0.6 is 23.2 Å². The van der Waals surface area contributed by atoms with Crippen molar-refractivity contribution in [2.45, 2.75) is 0 Å². The first-order valence-corrected chi connectivity index (χ1v) is 7.93. The van der Waals surface area contributed by atoms with E-state index < -0.39 is 11.7 Å². The predicted octanol–water partition coefficient (Wildman–Crippen LogP) is 5.57. The number of pyridine rings is 1. The zero-order valence-corrected chi connectivity index (χ0v) is 14.2. The van der Waals surface area contributed by atoms with Crippen molar-refractivity contribution >= 4 is 34.8 Å². The number of carbonyl (C=O) groups excluding carboxylic acids is 1. The average Bonchev–Trinajstić information content (AvgIpc) is 2.59. The van der Waals surface area contributed by atoms with Gasteiger partial charge < -0.3 is 10.1 Å². The number of ether oxygens (including phenoxy) is 1. The quantitative estimate of drug-likeness (QED) is 0.647. The number of nitrogens with zero attached hydrogens (tertiary/aromatic N) is 1. The number of hydrogen-bond acceptors (Lipinski definition) is 3. The van der Waals surface area contributed by atoms with E-state index in [4.69, 9.17) is 27.9 Å². The molecular formula is C18H11Cl2FN2O2. The summed E-state index contributed by atoms with van der Waals surface area (Å²) in [5.41, 5.74) is 0.567. The van der Waals surface area contributed by atoms with Gasteiger partial charge in [0.05, 0.1) is 5.02 Å². The molecule has 3 aromatic rings. The molecule has 0 bridgehead atoms. The van der Waals surface area contributed by atoms with Crippen LogP contribution < -0.4 is 10.1 Å². The lowest BCUT2D eigenvalue weighted by Crippen LogP contribution is -2.13. The SMILES string of the molecule is O=C(Nc1ccc(F)c(Cl)c1)c1cccnc1Oc1cccc(Cl)c1. The summed E-state index contributed by atoms with van der Waals surface area (Å²) in [6.07, 6.45) is 1.51. The van der Waals surface area contributed by atoms with E-state index in [1.807, 2.05) is 0 Å². The average molecular weight is 377 g/mol. The standard InChI is InChI=1S/C18H11Cl2FN2O2/c19-11-3-1-4-13(9-11)25-18-14(5-2-8-22-18)17(24)23-12-6-7-16(21)15(20)10-12/h1-10H,(H,23,24). The van der Waals surface area contributed by atoms with Crippen molar-refractivity contribution in [2.75, 3.05) is 5.32 Å². The van der Waals surface area contributed by atoms with Crippen LogP contribution in [-0.2, 0) is 0 Å². The fraction of sp³-hybridized carbons (Fsp3) is 0. The van der Waals surface area contributed by atoms with Crippen molar-refractivity contribution in [1.82, 2.24) is 4.98 Å². The Labute approximate surface area is 153 Å². The van der Waals surface area contributed by atoms with E-state index in [0.717, 1.165) is 0 Å². The van der Waals surface area contributed by atoms with Crippen LogP contribution in [0.4, 0.5) is 10.1 Å². The van der Waals surface area contributed by atoms with Crippen LogP contribution in [0.2, 0.25) is 10.0 Å². The Morgan fingerprint density at radius 3 is 2.68 bits per heavy atom. The van der Waals surface area contributed by atoms with Crippen LogP contribution in [0.5, 0.6) is 11.6 Å². The molecule has 0 atom stereocenters. The van der Waals surface area contributed by atoms with Crippen LogP contribution in [0.1, 0.15) is 10.4 Å². The van der Waals surface area contributed by atoms with E-state index in [0.29, 0.717) is 16.5 Å². The summed E-state index contributed by atoms with van der Waals surface area (Å²) in [5, 5.41) is 3.04. The van der Waals surface area contributed by atoms with Crippen molar-refractivity contribution < 1.29 is 13.9 Å². The second-order valence-electron chi connectivity index (χ2n) is 5.00. The van der Waals surface area contributed by atoms with Crippen molar-refractivity contribution in [2.24, 2.45) is 0 Å². The molecule has 0 fully saturated rings. The third kappa shape index (κ3) is 4.26. The summed E-state index contributed by atoms with van der Waals surface area (Å²) in [6.45, 7) is 0. The number of rotatable bonds is 4. The Morgan fingerprint density at radius 2 is 1.92 bits per heavy atom. The molecule has 0 aliphatic carbocycles. The first kappa shape index (κ1) is 17.2. The topological polar surface area (TPSA) is 51.2 Å². The molecule has 0 saturated heterocycles. The third-order valence-corrected chi connectivity index (χ3v) is 3.73. The van der Waals surface area contributed by atoms with Crippen molar-refractivity contribution in [3.05, 3.63) is 82.2 Å². The largest absolute Gasteiger partial charge is 0.438 e. The number of halogens is 3. The molecule has 0 saturated carbocycles. The van der Waals surface area contributed by atoms with Gasteiger partial charge in [-0.2, -0.15) is 0 Å². The molecule has 126 valence electrons. The molecular weight excluding hydrogens is 366 g/mol. The van der Waals surface area contributed by atoms with Gasteiger partial charge in [-0.15, -0.1) is 0 Å². The zero-order valence-electron chi connectivity index (χ0n) is 12.7. The van der Waals surface area contributed by atoms with Gasteiger partial charge >= 0.3 is 0 Å². The molecule has 1 amide bonds. The lowest BCUT2D eigenvalue weighted by molar-refractivity contribution is 0.102. The molecule has 0 radical (unpaired) electrons. The van der Waals surface area contributed by atoms with Crippen LogP contribution in [0.25, 0.3) is 0 Å². The molecule has 1 heterocycles. The molecule has 0 spiro atoms. The van der Waals surface area contributed by atoms with E-state index >= 15 is 0 Å². The fourth-order valence-corrected chi connectivity index (χ4v) is 2.42. The predicted molar refractivity (Wildman–Crippen MR) is 95.1 cm³/mol. The normalized spacial score (nSPS) is 10.4. The minimum atomic E-state index is -0.564. The molecule has 0 aliphatic heterocycles. The second-order valence-corrected chi connectivity index (χ2v) is 5.84. The Kier molecular flexibility index (Phi) is 5.16. The molecule has 1 N–H and O–H groups in total. The van der Waals surface area contributed by atoms with Crippen LogP contribution in [-0.4, -0.2) is 10.9 Å². The van der Waals surface area contributed by atoms with E-state index in [-0.39, 0.29) is 16.5 Å².